The van der Waals surface area contributed by atoms with Crippen molar-refractivity contribution >= 4 is 23.9 Å². The minimum atomic E-state index is -1.32. The number of rotatable bonds is 11. The molecule has 10 heteroatoms. The van der Waals surface area contributed by atoms with Crippen LogP contribution >= 0.6 is 0 Å². The van der Waals surface area contributed by atoms with E-state index in [0.717, 1.165) is 6.42 Å². The van der Waals surface area contributed by atoms with E-state index in [0.29, 0.717) is 12.0 Å². The molecule has 3 N–H and O–H groups in total. The van der Waals surface area contributed by atoms with Crippen LogP contribution in [0.4, 0.5) is 4.79 Å². The van der Waals surface area contributed by atoms with Crippen LogP contribution in [0.3, 0.4) is 0 Å². The highest BCUT2D eigenvalue weighted by atomic mass is 16.6. The van der Waals surface area contributed by atoms with Crippen molar-refractivity contribution in [3.8, 4) is 0 Å². The molecule has 10 nitrogen and oxygen atoms in total. The van der Waals surface area contributed by atoms with Gasteiger partial charge in [0.1, 0.15) is 24.2 Å². The second kappa shape index (κ2) is 13.4. The fourth-order valence-electron chi connectivity index (χ4n) is 2.97. The van der Waals surface area contributed by atoms with Gasteiger partial charge >= 0.3 is 12.1 Å². The zero-order valence-electron chi connectivity index (χ0n) is 19.9. The molecule has 1 aromatic carbocycles. The number of methoxy groups -OCH3 is 1. The number of esters is 1. The number of ether oxygens (including phenoxy) is 2. The van der Waals surface area contributed by atoms with Crippen LogP contribution < -0.4 is 10.6 Å². The highest BCUT2D eigenvalue weighted by Crippen LogP contribution is 2.23. The van der Waals surface area contributed by atoms with Gasteiger partial charge in [-0.05, 0) is 32.8 Å². The fourth-order valence-corrected chi connectivity index (χ4v) is 2.97. The standard InChI is InChI=1S/C23H35N3O7/c1-6-7-13-26(21(30)17(15-27)25-22(31)33-23(2,3)4)19(16-11-9-8-10-12-16)20(29)24-14-18(28)32-5/h8-12,17,19,27H,6-7,13-15H2,1-5H3,(H,24,29)(H,25,31). The molecule has 1 aromatic rings. The molecule has 0 heterocycles. The van der Waals surface area contributed by atoms with Crippen molar-refractivity contribution < 1.29 is 33.8 Å². The monoisotopic (exact) mass is 465 g/mol. The molecule has 2 atom stereocenters. The van der Waals surface area contributed by atoms with Gasteiger partial charge in [-0.3, -0.25) is 14.4 Å². The van der Waals surface area contributed by atoms with E-state index in [1.165, 1.54) is 12.0 Å². The lowest BCUT2D eigenvalue weighted by Crippen LogP contribution is -2.54. The predicted molar refractivity (Wildman–Crippen MR) is 121 cm³/mol. The normalized spacial score (nSPS) is 12.8. The summed E-state index contributed by atoms with van der Waals surface area (Å²) in [5, 5.41) is 14.7. The van der Waals surface area contributed by atoms with Crippen molar-refractivity contribution in [2.45, 2.75) is 58.2 Å². The Morgan fingerprint density at radius 2 is 1.76 bits per heavy atom. The van der Waals surface area contributed by atoms with Crippen molar-refractivity contribution in [3.05, 3.63) is 35.9 Å². The average molecular weight is 466 g/mol. The summed E-state index contributed by atoms with van der Waals surface area (Å²) in [5.41, 5.74) is -0.284. The molecule has 0 aliphatic carbocycles. The minimum Gasteiger partial charge on any atom is -0.468 e. The zero-order valence-corrected chi connectivity index (χ0v) is 19.9. The summed E-state index contributed by atoms with van der Waals surface area (Å²) in [7, 11) is 1.20. The van der Waals surface area contributed by atoms with Gasteiger partial charge in [0.25, 0.3) is 0 Å². The number of aliphatic hydroxyl groups is 1. The molecular formula is C23H35N3O7. The summed E-state index contributed by atoms with van der Waals surface area (Å²) >= 11 is 0. The van der Waals surface area contributed by atoms with Crippen LogP contribution in [-0.2, 0) is 23.9 Å². The molecule has 0 aliphatic rings. The number of amides is 3. The number of unbranched alkanes of at least 4 members (excludes halogenated alkanes) is 1. The van der Waals surface area contributed by atoms with Crippen molar-refractivity contribution in [3.63, 3.8) is 0 Å². The van der Waals surface area contributed by atoms with Crippen LogP contribution in [0, 0.1) is 0 Å². The Kier molecular flexibility index (Phi) is 11.3. The van der Waals surface area contributed by atoms with Gasteiger partial charge in [-0.1, -0.05) is 43.7 Å². The molecule has 184 valence electrons. The number of hydrogen-bond acceptors (Lipinski definition) is 7. The van der Waals surface area contributed by atoms with Crippen LogP contribution in [0.1, 0.15) is 52.1 Å². The van der Waals surface area contributed by atoms with Crippen molar-refractivity contribution in [1.82, 2.24) is 15.5 Å². The molecule has 1 rings (SSSR count). The largest absolute Gasteiger partial charge is 0.468 e. The summed E-state index contributed by atoms with van der Waals surface area (Å²) < 4.78 is 9.76. The van der Waals surface area contributed by atoms with E-state index >= 15 is 0 Å². The van der Waals surface area contributed by atoms with Crippen molar-refractivity contribution in [2.75, 3.05) is 26.8 Å². The Morgan fingerprint density at radius 1 is 1.12 bits per heavy atom. The van der Waals surface area contributed by atoms with Crippen LogP contribution in [0.15, 0.2) is 30.3 Å². The lowest BCUT2D eigenvalue weighted by atomic mass is 10.0. The third-order valence-electron chi connectivity index (χ3n) is 4.52. The van der Waals surface area contributed by atoms with Crippen LogP contribution in [0.2, 0.25) is 0 Å². The quantitative estimate of drug-likeness (QED) is 0.422. The molecule has 0 aliphatic heterocycles. The number of hydrogen-bond donors (Lipinski definition) is 3. The molecular weight excluding hydrogens is 430 g/mol. The van der Waals surface area contributed by atoms with Gasteiger partial charge in [-0.25, -0.2) is 4.79 Å². The van der Waals surface area contributed by atoms with E-state index in [4.69, 9.17) is 4.74 Å². The number of nitrogens with one attached hydrogen (secondary N) is 2. The van der Waals surface area contributed by atoms with Crippen molar-refractivity contribution in [1.29, 1.82) is 0 Å². The maximum atomic E-state index is 13.4. The number of benzene rings is 1. The number of carbonyl (C=O) groups excluding carboxylic acids is 4. The smallest absolute Gasteiger partial charge is 0.408 e. The zero-order chi connectivity index (χ0) is 25.0. The summed E-state index contributed by atoms with van der Waals surface area (Å²) in [6, 6.07) is 6.17. The molecule has 0 radical (unpaired) electrons. The Bertz CT molecular complexity index is 793. The highest BCUT2D eigenvalue weighted by molar-refractivity contribution is 5.93. The highest BCUT2D eigenvalue weighted by Gasteiger charge is 2.35. The SMILES string of the molecule is CCCCN(C(=O)C(CO)NC(=O)OC(C)(C)C)C(C(=O)NCC(=O)OC)c1ccccc1. The van der Waals surface area contributed by atoms with E-state index in [1.54, 1.807) is 51.1 Å². The van der Waals surface area contributed by atoms with Gasteiger partial charge in [0.2, 0.25) is 11.8 Å². The van der Waals surface area contributed by atoms with E-state index < -0.39 is 48.2 Å². The number of nitrogens with zero attached hydrogens (tertiary/aromatic N) is 1. The van der Waals surface area contributed by atoms with Crippen LogP contribution in [-0.4, -0.2) is 72.3 Å². The van der Waals surface area contributed by atoms with Crippen LogP contribution in [0.25, 0.3) is 0 Å². The number of carbonyl (C=O) groups is 4. The molecule has 0 saturated heterocycles. The minimum absolute atomic E-state index is 0.188. The Hall–Kier alpha value is -3.14. The van der Waals surface area contributed by atoms with Crippen molar-refractivity contribution in [2.24, 2.45) is 0 Å². The maximum absolute atomic E-state index is 13.4. The number of aliphatic hydroxyl groups excluding tert-OH is 1. The molecule has 0 aromatic heterocycles. The van der Waals surface area contributed by atoms with Crippen LogP contribution in [0.5, 0.6) is 0 Å². The molecule has 0 saturated carbocycles. The third kappa shape index (κ3) is 9.48. The van der Waals surface area contributed by atoms with Gasteiger partial charge in [0.15, 0.2) is 0 Å². The predicted octanol–water partition coefficient (Wildman–Crippen LogP) is 1.53. The summed E-state index contributed by atoms with van der Waals surface area (Å²) in [6.07, 6.45) is 0.444. The Morgan fingerprint density at radius 3 is 2.27 bits per heavy atom. The first-order chi connectivity index (χ1) is 15.5. The first kappa shape index (κ1) is 27.9. The molecule has 33 heavy (non-hydrogen) atoms. The third-order valence-corrected chi connectivity index (χ3v) is 4.52. The lowest BCUT2D eigenvalue weighted by molar-refractivity contribution is -0.145. The van der Waals surface area contributed by atoms with Gasteiger partial charge < -0.3 is 30.1 Å². The van der Waals surface area contributed by atoms with E-state index in [9.17, 15) is 24.3 Å². The Labute approximate surface area is 194 Å². The summed E-state index contributed by atoms with van der Waals surface area (Å²) in [4.78, 5) is 51.6. The molecule has 3 amide bonds. The number of alkyl carbamates (subject to hydrolysis) is 1. The van der Waals surface area contributed by atoms with E-state index in [-0.39, 0.29) is 13.1 Å². The molecule has 0 spiro atoms. The first-order valence-electron chi connectivity index (χ1n) is 10.8. The lowest BCUT2D eigenvalue weighted by Gasteiger charge is -2.34. The van der Waals surface area contributed by atoms with Gasteiger partial charge in [0, 0.05) is 6.54 Å². The van der Waals surface area contributed by atoms with E-state index in [1.807, 2.05) is 6.92 Å². The van der Waals surface area contributed by atoms with Gasteiger partial charge in [0.05, 0.1) is 13.7 Å². The second-order valence-corrected chi connectivity index (χ2v) is 8.37. The van der Waals surface area contributed by atoms with Gasteiger partial charge in [-0.2, -0.15) is 0 Å². The summed E-state index contributed by atoms with van der Waals surface area (Å²) in [6.45, 7) is 6.08. The van der Waals surface area contributed by atoms with Gasteiger partial charge in [-0.15, -0.1) is 0 Å². The summed E-state index contributed by atoms with van der Waals surface area (Å²) in [5.74, 6) is -1.88. The van der Waals surface area contributed by atoms with E-state index in [2.05, 4.69) is 15.4 Å². The average Bonchev–Trinajstić information content (AvgIpc) is 2.77. The Balaban J connectivity index is 3.26. The molecule has 0 bridgehead atoms. The first-order valence-corrected chi connectivity index (χ1v) is 10.8. The molecule has 0 fully saturated rings. The molecule has 2 unspecified atom stereocenters. The fraction of sp³-hybridized carbons (Fsp3) is 0.565. The topological polar surface area (TPSA) is 134 Å². The maximum Gasteiger partial charge on any atom is 0.408 e. The second-order valence-electron chi connectivity index (χ2n) is 8.37.